The Kier molecular flexibility index (Phi) is 3.05. The average Bonchev–Trinajstić information content (AvgIpc) is 2.34. The molecule has 1 aliphatic rings. The molecule has 2 N–H and O–H groups in total. The van der Waals surface area contributed by atoms with Crippen molar-refractivity contribution in [1.29, 1.82) is 0 Å². The Bertz CT molecular complexity index is 377. The standard InChI is InChI=1S/C11H15N3O2/c1-7-10(6-13-7)16-8-3-4-9(14-5-8)11(15)12-2/h3-5,7,10,13H,6H2,1-2H3,(H,12,15)/t7-,10-/m1/s1. The Morgan fingerprint density at radius 1 is 1.62 bits per heavy atom. The molecular weight excluding hydrogens is 206 g/mol. The molecule has 1 amide bonds. The zero-order chi connectivity index (χ0) is 11.5. The molecule has 5 heteroatoms. The first kappa shape index (κ1) is 10.9. The van der Waals surface area contributed by atoms with Crippen molar-refractivity contribution in [3.63, 3.8) is 0 Å². The number of hydrogen-bond donors (Lipinski definition) is 2. The number of ether oxygens (including phenoxy) is 1. The molecule has 0 unspecified atom stereocenters. The van der Waals surface area contributed by atoms with Gasteiger partial charge in [0.25, 0.3) is 5.91 Å². The van der Waals surface area contributed by atoms with E-state index < -0.39 is 0 Å². The topological polar surface area (TPSA) is 63.2 Å². The predicted molar refractivity (Wildman–Crippen MR) is 59.5 cm³/mol. The molecule has 1 fully saturated rings. The van der Waals surface area contributed by atoms with Crippen molar-refractivity contribution in [3.05, 3.63) is 24.0 Å². The number of pyridine rings is 1. The second-order valence-corrected chi connectivity index (χ2v) is 3.81. The molecule has 0 radical (unpaired) electrons. The SMILES string of the molecule is CNC(=O)c1ccc(O[C@@H]2CN[C@@H]2C)cn1. The Labute approximate surface area is 94.2 Å². The minimum Gasteiger partial charge on any atom is -0.486 e. The fourth-order valence-corrected chi connectivity index (χ4v) is 1.48. The molecule has 2 rings (SSSR count). The molecule has 1 aromatic heterocycles. The minimum atomic E-state index is -0.190. The lowest BCUT2D eigenvalue weighted by Gasteiger charge is -2.35. The van der Waals surface area contributed by atoms with Gasteiger partial charge < -0.3 is 15.4 Å². The van der Waals surface area contributed by atoms with Crippen LogP contribution in [-0.2, 0) is 0 Å². The van der Waals surface area contributed by atoms with Crippen molar-refractivity contribution < 1.29 is 9.53 Å². The van der Waals surface area contributed by atoms with Crippen molar-refractivity contribution >= 4 is 5.91 Å². The van der Waals surface area contributed by atoms with Crippen LogP contribution in [0.4, 0.5) is 0 Å². The lowest BCUT2D eigenvalue weighted by atomic mass is 10.1. The Morgan fingerprint density at radius 2 is 2.44 bits per heavy atom. The van der Waals surface area contributed by atoms with Crippen LogP contribution in [0.1, 0.15) is 17.4 Å². The second kappa shape index (κ2) is 4.49. The third-order valence-electron chi connectivity index (χ3n) is 2.68. The number of rotatable bonds is 3. The molecule has 1 saturated heterocycles. The fraction of sp³-hybridized carbons (Fsp3) is 0.455. The van der Waals surface area contributed by atoms with Crippen LogP contribution in [0.3, 0.4) is 0 Å². The predicted octanol–water partition coefficient (Wildman–Crippen LogP) is 0.180. The van der Waals surface area contributed by atoms with Gasteiger partial charge in [-0.15, -0.1) is 0 Å². The van der Waals surface area contributed by atoms with Gasteiger partial charge in [-0.2, -0.15) is 0 Å². The van der Waals surface area contributed by atoms with Crippen molar-refractivity contribution in [2.24, 2.45) is 0 Å². The van der Waals surface area contributed by atoms with Gasteiger partial charge in [0, 0.05) is 19.6 Å². The molecule has 16 heavy (non-hydrogen) atoms. The highest BCUT2D eigenvalue weighted by Gasteiger charge is 2.27. The van der Waals surface area contributed by atoms with Crippen LogP contribution in [0.2, 0.25) is 0 Å². The third-order valence-corrected chi connectivity index (χ3v) is 2.68. The summed E-state index contributed by atoms with van der Waals surface area (Å²) in [5, 5.41) is 5.73. The first-order valence-electron chi connectivity index (χ1n) is 5.29. The van der Waals surface area contributed by atoms with Crippen LogP contribution in [0.15, 0.2) is 18.3 Å². The van der Waals surface area contributed by atoms with Gasteiger partial charge in [-0.05, 0) is 19.1 Å². The second-order valence-electron chi connectivity index (χ2n) is 3.81. The maximum atomic E-state index is 11.2. The lowest BCUT2D eigenvalue weighted by Crippen LogP contribution is -2.58. The van der Waals surface area contributed by atoms with E-state index in [1.54, 1.807) is 25.4 Å². The van der Waals surface area contributed by atoms with Crippen LogP contribution in [0.25, 0.3) is 0 Å². The van der Waals surface area contributed by atoms with Crippen LogP contribution in [0.5, 0.6) is 5.75 Å². The summed E-state index contributed by atoms with van der Waals surface area (Å²) in [7, 11) is 1.58. The molecule has 0 bridgehead atoms. The van der Waals surface area contributed by atoms with Crippen molar-refractivity contribution in [2.75, 3.05) is 13.6 Å². The lowest BCUT2D eigenvalue weighted by molar-refractivity contribution is 0.0928. The molecule has 0 aliphatic carbocycles. The summed E-state index contributed by atoms with van der Waals surface area (Å²) in [6.45, 7) is 2.93. The van der Waals surface area contributed by atoms with E-state index >= 15 is 0 Å². The van der Waals surface area contributed by atoms with Gasteiger partial charge in [0.1, 0.15) is 17.5 Å². The largest absolute Gasteiger partial charge is 0.486 e. The van der Waals surface area contributed by atoms with Gasteiger partial charge in [0.05, 0.1) is 6.20 Å². The number of amides is 1. The zero-order valence-corrected chi connectivity index (χ0v) is 9.36. The van der Waals surface area contributed by atoms with Gasteiger partial charge >= 0.3 is 0 Å². The van der Waals surface area contributed by atoms with E-state index in [9.17, 15) is 4.79 Å². The average molecular weight is 221 g/mol. The molecule has 2 atom stereocenters. The highest BCUT2D eigenvalue weighted by atomic mass is 16.5. The first-order valence-corrected chi connectivity index (χ1v) is 5.29. The molecule has 0 spiro atoms. The summed E-state index contributed by atoms with van der Waals surface area (Å²) in [6.07, 6.45) is 1.78. The van der Waals surface area contributed by atoms with Crippen LogP contribution >= 0.6 is 0 Å². The first-order chi connectivity index (χ1) is 7.70. The van der Waals surface area contributed by atoms with Crippen LogP contribution in [0, 0.1) is 0 Å². The third kappa shape index (κ3) is 2.14. The smallest absolute Gasteiger partial charge is 0.269 e. The Hall–Kier alpha value is -1.62. The van der Waals surface area contributed by atoms with Crippen molar-refractivity contribution in [1.82, 2.24) is 15.6 Å². The quantitative estimate of drug-likeness (QED) is 0.764. The molecule has 86 valence electrons. The van der Waals surface area contributed by atoms with E-state index in [1.165, 1.54) is 0 Å². The monoisotopic (exact) mass is 221 g/mol. The summed E-state index contributed by atoms with van der Waals surface area (Å²) < 4.78 is 5.67. The van der Waals surface area contributed by atoms with E-state index in [0.29, 0.717) is 17.5 Å². The fourth-order valence-electron chi connectivity index (χ4n) is 1.48. The highest BCUT2D eigenvalue weighted by molar-refractivity contribution is 5.91. The summed E-state index contributed by atoms with van der Waals surface area (Å²) in [4.78, 5) is 15.3. The summed E-state index contributed by atoms with van der Waals surface area (Å²) in [5.41, 5.74) is 0.398. The molecule has 5 nitrogen and oxygen atoms in total. The summed E-state index contributed by atoms with van der Waals surface area (Å²) in [6, 6.07) is 3.80. The van der Waals surface area contributed by atoms with E-state index in [1.807, 2.05) is 0 Å². The van der Waals surface area contributed by atoms with Gasteiger partial charge in [-0.3, -0.25) is 4.79 Å². The highest BCUT2D eigenvalue weighted by Crippen LogP contribution is 2.15. The van der Waals surface area contributed by atoms with Crippen LogP contribution in [-0.4, -0.2) is 36.6 Å². The van der Waals surface area contributed by atoms with Crippen molar-refractivity contribution in [2.45, 2.75) is 19.1 Å². The number of hydrogen-bond acceptors (Lipinski definition) is 4. The van der Waals surface area contributed by atoms with E-state index in [-0.39, 0.29) is 12.0 Å². The Balaban J connectivity index is 1.99. The maximum absolute atomic E-state index is 11.2. The molecular formula is C11H15N3O2. The Morgan fingerprint density at radius 3 is 2.88 bits per heavy atom. The van der Waals surface area contributed by atoms with Gasteiger partial charge in [-0.25, -0.2) is 4.98 Å². The number of aromatic nitrogens is 1. The minimum absolute atomic E-state index is 0.190. The van der Waals surface area contributed by atoms with Gasteiger partial charge in [0.2, 0.25) is 0 Å². The normalized spacial score (nSPS) is 23.4. The number of nitrogens with zero attached hydrogens (tertiary/aromatic N) is 1. The molecule has 1 aliphatic heterocycles. The van der Waals surface area contributed by atoms with Crippen molar-refractivity contribution in [3.8, 4) is 5.75 Å². The molecule has 1 aromatic rings. The number of carbonyl (C=O) groups is 1. The van der Waals surface area contributed by atoms with Gasteiger partial charge in [-0.1, -0.05) is 0 Å². The summed E-state index contributed by atoms with van der Waals surface area (Å²) in [5.74, 6) is 0.510. The summed E-state index contributed by atoms with van der Waals surface area (Å²) >= 11 is 0. The van der Waals surface area contributed by atoms with Gasteiger partial charge in [0.15, 0.2) is 0 Å². The number of carbonyl (C=O) groups excluding carboxylic acids is 1. The maximum Gasteiger partial charge on any atom is 0.269 e. The van der Waals surface area contributed by atoms with E-state index in [2.05, 4.69) is 22.5 Å². The molecule has 0 aromatic carbocycles. The zero-order valence-electron chi connectivity index (χ0n) is 9.36. The van der Waals surface area contributed by atoms with E-state index in [4.69, 9.17) is 4.74 Å². The van der Waals surface area contributed by atoms with Crippen LogP contribution < -0.4 is 15.4 Å². The van der Waals surface area contributed by atoms with E-state index in [0.717, 1.165) is 6.54 Å². The number of nitrogens with one attached hydrogen (secondary N) is 2. The molecule has 2 heterocycles. The molecule has 0 saturated carbocycles.